The number of hydrogen-bond acceptors (Lipinski definition) is 10. The van der Waals surface area contributed by atoms with Crippen LogP contribution in [0.4, 0.5) is 4.79 Å². The van der Waals surface area contributed by atoms with Crippen molar-refractivity contribution in [1.29, 1.82) is 0 Å². The van der Waals surface area contributed by atoms with Gasteiger partial charge in [0, 0.05) is 42.6 Å². The second kappa shape index (κ2) is 22.3. The third-order valence-electron chi connectivity index (χ3n) is 12.2. The van der Waals surface area contributed by atoms with Crippen molar-refractivity contribution < 1.29 is 37.7 Å². The van der Waals surface area contributed by atoms with Gasteiger partial charge in [-0.2, -0.15) is 0 Å². The van der Waals surface area contributed by atoms with Gasteiger partial charge in [0.05, 0.1) is 30.5 Å². The molecule has 0 aliphatic carbocycles. The summed E-state index contributed by atoms with van der Waals surface area (Å²) >= 11 is 0. The van der Waals surface area contributed by atoms with Crippen LogP contribution >= 0.6 is 0 Å². The van der Waals surface area contributed by atoms with Crippen LogP contribution in [0.3, 0.4) is 0 Å². The van der Waals surface area contributed by atoms with Crippen LogP contribution < -0.4 is 19.5 Å². The molecule has 0 spiro atoms. The van der Waals surface area contributed by atoms with Crippen LogP contribution in [-0.2, 0) is 30.5 Å². The summed E-state index contributed by atoms with van der Waals surface area (Å²) < 4.78 is 29.0. The van der Waals surface area contributed by atoms with E-state index in [1.807, 2.05) is 105 Å². The summed E-state index contributed by atoms with van der Waals surface area (Å²) in [5.41, 5.74) is 6.10. The van der Waals surface area contributed by atoms with E-state index in [0.717, 1.165) is 76.4 Å². The van der Waals surface area contributed by atoms with E-state index in [9.17, 15) is 14.7 Å². The van der Waals surface area contributed by atoms with Gasteiger partial charge in [0.15, 0.2) is 0 Å². The molecule has 2 saturated heterocycles. The van der Waals surface area contributed by atoms with Crippen molar-refractivity contribution in [1.82, 2.24) is 20.2 Å². The van der Waals surface area contributed by atoms with Gasteiger partial charge >= 0.3 is 12.1 Å². The molecule has 1 amide bonds. The predicted molar refractivity (Wildman–Crippen MR) is 256 cm³/mol. The second-order valence-electron chi connectivity index (χ2n) is 17.4. The number of carbonyl (C=O) groups excluding carboxylic acids is 1. The minimum absolute atomic E-state index is 0.125. The monoisotopic (exact) mass is 902 g/mol. The highest BCUT2D eigenvalue weighted by molar-refractivity contribution is 5.76. The summed E-state index contributed by atoms with van der Waals surface area (Å²) in [6, 6.07) is 45.0. The van der Waals surface area contributed by atoms with Gasteiger partial charge in [-0.15, -0.1) is 0 Å². The van der Waals surface area contributed by atoms with Crippen molar-refractivity contribution >= 4 is 12.1 Å². The molecule has 9 rings (SSSR count). The lowest BCUT2D eigenvalue weighted by Crippen LogP contribution is -2.39. The van der Waals surface area contributed by atoms with E-state index in [1.165, 1.54) is 16.9 Å². The van der Waals surface area contributed by atoms with Crippen molar-refractivity contribution in [2.24, 2.45) is 11.8 Å². The molecular weight excluding hydrogens is 845 g/mol. The maximum Gasteiger partial charge on any atom is 0.415 e. The van der Waals surface area contributed by atoms with E-state index in [-0.39, 0.29) is 12.6 Å². The maximum atomic E-state index is 12.9. The number of likely N-dealkylation sites (tertiary alicyclic amines) is 1. The molecule has 2 aliphatic rings. The molecule has 346 valence electrons. The fourth-order valence-corrected chi connectivity index (χ4v) is 8.60. The van der Waals surface area contributed by atoms with Crippen molar-refractivity contribution in [2.45, 2.75) is 71.4 Å². The number of rotatable bonds is 16. The summed E-state index contributed by atoms with van der Waals surface area (Å²) in [4.78, 5) is 35.3. The molecule has 4 atom stereocenters. The Morgan fingerprint density at radius 2 is 1.15 bits per heavy atom. The normalized spacial score (nSPS) is 17.7. The van der Waals surface area contributed by atoms with Gasteiger partial charge in [-0.25, -0.2) is 14.8 Å². The molecule has 0 radical (unpaired) electrons. The molecule has 2 fully saturated rings. The molecule has 2 N–H and O–H groups in total. The molecule has 12 heteroatoms. The number of nitrogens with one attached hydrogen (secondary N) is 1. The molecule has 2 aromatic heterocycles. The average Bonchev–Trinajstić information content (AvgIpc) is 4.15. The number of nitrogens with zero attached hydrogens (tertiary/aromatic N) is 3. The van der Waals surface area contributed by atoms with Crippen LogP contribution in [0.1, 0.15) is 53.8 Å². The molecule has 2 aliphatic heterocycles. The third kappa shape index (κ3) is 12.8. The zero-order chi connectivity index (χ0) is 46.5. The number of hydrogen-bond donors (Lipinski definition) is 2. The zero-order valence-corrected chi connectivity index (χ0v) is 38.3. The van der Waals surface area contributed by atoms with E-state index >= 15 is 0 Å². The van der Waals surface area contributed by atoms with Gasteiger partial charge in [-0.1, -0.05) is 85.8 Å². The van der Waals surface area contributed by atoms with E-state index in [1.54, 1.807) is 24.3 Å². The SMILES string of the molecule is Cc1oc(-c2ccccc2)nc1CCOc1ccc(C[C@H]2C[C@@H](C(=O)O)CN2C(=O)Oc2ccccc2)cc1.Cc1oc(-c2ccccc2)nc1CCOc1ccc(C[C@H]2C[C@@H](C)CN2)cc1. The summed E-state index contributed by atoms with van der Waals surface area (Å²) in [5, 5.41) is 13.2. The highest BCUT2D eigenvalue weighted by Gasteiger charge is 2.39. The van der Waals surface area contributed by atoms with E-state index in [2.05, 4.69) is 46.5 Å². The topological polar surface area (TPSA) is 149 Å². The van der Waals surface area contributed by atoms with Crippen molar-refractivity contribution in [2.75, 3.05) is 26.3 Å². The standard InChI is InChI=1S/C31H30N2O6.C24H28N2O2/c1-21-28(32-29(38-21)23-8-4-2-5-9-23)16-17-37-26-14-12-22(13-15-26)18-25-19-24(30(34)35)20-33(25)31(36)39-27-10-6-3-7-11-27;1-17-14-21(25-16-17)15-19-8-10-22(11-9-19)27-13-12-23-18(2)28-24(26-23)20-6-4-3-5-7-20/h2-15,24-25H,16-20H2,1H3,(H,34,35);3-11,17,21,25H,12-16H2,1-2H3/t24-,25+;17-,21-/m11/s1. The molecule has 5 aromatic carbocycles. The number of oxazole rings is 2. The fourth-order valence-electron chi connectivity index (χ4n) is 8.60. The Labute approximate surface area is 391 Å². The van der Waals surface area contributed by atoms with E-state index in [4.69, 9.17) is 23.0 Å². The number of para-hydroxylation sites is 1. The first kappa shape index (κ1) is 46.4. The lowest BCUT2D eigenvalue weighted by molar-refractivity contribution is -0.141. The number of aryl methyl sites for hydroxylation is 2. The molecular formula is C55H58N4O8. The van der Waals surface area contributed by atoms with Crippen LogP contribution in [0.25, 0.3) is 22.9 Å². The highest BCUT2D eigenvalue weighted by atomic mass is 16.6. The molecule has 12 nitrogen and oxygen atoms in total. The molecule has 0 unspecified atom stereocenters. The molecule has 67 heavy (non-hydrogen) atoms. The van der Waals surface area contributed by atoms with Gasteiger partial charge in [0.2, 0.25) is 11.8 Å². The Kier molecular flexibility index (Phi) is 15.5. The van der Waals surface area contributed by atoms with Crippen LogP contribution in [-0.4, -0.2) is 70.4 Å². The fraction of sp³-hybridized carbons (Fsp3) is 0.309. The zero-order valence-electron chi connectivity index (χ0n) is 38.3. The summed E-state index contributed by atoms with van der Waals surface area (Å²) in [6.45, 7) is 8.47. The smallest absolute Gasteiger partial charge is 0.415 e. The van der Waals surface area contributed by atoms with E-state index in [0.29, 0.717) is 56.0 Å². The first-order chi connectivity index (χ1) is 32.6. The summed E-state index contributed by atoms with van der Waals surface area (Å²) in [5.74, 6) is 4.22. The molecule has 0 bridgehead atoms. The number of carboxylic acid groups (broad SMARTS) is 1. The van der Waals surface area contributed by atoms with Gasteiger partial charge in [-0.3, -0.25) is 4.79 Å². The molecule has 4 heterocycles. The van der Waals surface area contributed by atoms with Crippen LogP contribution in [0, 0.1) is 25.7 Å². The number of carbonyl (C=O) groups is 2. The number of benzene rings is 5. The highest BCUT2D eigenvalue weighted by Crippen LogP contribution is 2.29. The summed E-state index contributed by atoms with van der Waals surface area (Å²) in [7, 11) is 0. The third-order valence-corrected chi connectivity index (χ3v) is 12.2. The van der Waals surface area contributed by atoms with Crippen LogP contribution in [0.5, 0.6) is 17.2 Å². The Morgan fingerprint density at radius 3 is 1.63 bits per heavy atom. The maximum absolute atomic E-state index is 12.9. The number of amides is 1. The van der Waals surface area contributed by atoms with Crippen molar-refractivity contribution in [3.63, 3.8) is 0 Å². The predicted octanol–water partition coefficient (Wildman–Crippen LogP) is 10.6. The van der Waals surface area contributed by atoms with Gasteiger partial charge in [-0.05, 0) is 124 Å². The van der Waals surface area contributed by atoms with E-state index < -0.39 is 18.0 Å². The lowest BCUT2D eigenvalue weighted by Gasteiger charge is -2.24. The Morgan fingerprint density at radius 1 is 0.657 bits per heavy atom. The quantitative estimate of drug-likeness (QED) is 0.0954. The Bertz CT molecular complexity index is 2650. The minimum atomic E-state index is -0.906. The average molecular weight is 903 g/mol. The number of ether oxygens (including phenoxy) is 3. The molecule has 7 aromatic rings. The van der Waals surface area contributed by atoms with Gasteiger partial charge in [0.1, 0.15) is 28.8 Å². The number of aliphatic carboxylic acids is 1. The van der Waals surface area contributed by atoms with Crippen molar-refractivity contribution in [3.05, 3.63) is 174 Å². The van der Waals surface area contributed by atoms with Gasteiger partial charge < -0.3 is 38.4 Å². The summed E-state index contributed by atoms with van der Waals surface area (Å²) in [6.07, 6.45) is 4.06. The van der Waals surface area contributed by atoms with Crippen LogP contribution in [0.15, 0.2) is 148 Å². The van der Waals surface area contributed by atoms with Crippen molar-refractivity contribution in [3.8, 4) is 40.2 Å². The largest absolute Gasteiger partial charge is 0.493 e. The Balaban J connectivity index is 0.000000192. The Hall–Kier alpha value is -7.18. The van der Waals surface area contributed by atoms with Crippen LogP contribution in [0.2, 0.25) is 0 Å². The first-order valence-corrected chi connectivity index (χ1v) is 23.1. The van der Waals surface area contributed by atoms with Gasteiger partial charge in [0.25, 0.3) is 0 Å². The number of aromatic nitrogens is 2. The first-order valence-electron chi connectivity index (χ1n) is 23.1. The molecule has 0 saturated carbocycles. The number of carboxylic acids is 1. The lowest BCUT2D eigenvalue weighted by atomic mass is 10.00. The minimum Gasteiger partial charge on any atom is -0.493 e. The second-order valence-corrected chi connectivity index (χ2v) is 17.4.